The minimum absolute atomic E-state index is 0.162. The Balaban J connectivity index is 2.02. The van der Waals surface area contributed by atoms with E-state index >= 15 is 0 Å². The van der Waals surface area contributed by atoms with Gasteiger partial charge in [-0.15, -0.1) is 0 Å². The van der Waals surface area contributed by atoms with Crippen molar-refractivity contribution in [1.29, 1.82) is 0 Å². The summed E-state index contributed by atoms with van der Waals surface area (Å²) in [6.45, 7) is 5.02. The number of carbonyl (C=O) groups is 1. The molecule has 0 aromatic heterocycles. The zero-order valence-corrected chi connectivity index (χ0v) is 10.6. The summed E-state index contributed by atoms with van der Waals surface area (Å²) >= 11 is 0. The molecule has 2 unspecified atom stereocenters. The molecule has 2 rings (SSSR count). The van der Waals surface area contributed by atoms with Crippen molar-refractivity contribution < 1.29 is 9.90 Å². The fourth-order valence-electron chi connectivity index (χ4n) is 2.29. The van der Waals surface area contributed by atoms with E-state index < -0.39 is 5.97 Å². The first-order valence-electron chi connectivity index (χ1n) is 5.98. The van der Waals surface area contributed by atoms with Crippen LogP contribution < -0.4 is 0 Å². The second-order valence-electron chi connectivity index (χ2n) is 5.09. The van der Waals surface area contributed by atoms with Crippen molar-refractivity contribution in [2.45, 2.75) is 32.9 Å². The predicted molar refractivity (Wildman–Crippen MR) is 66.9 cm³/mol. The van der Waals surface area contributed by atoms with Crippen molar-refractivity contribution in [1.82, 2.24) is 4.90 Å². The first-order valence-corrected chi connectivity index (χ1v) is 5.98. The highest BCUT2D eigenvalue weighted by Crippen LogP contribution is 2.36. The maximum atomic E-state index is 10.8. The van der Waals surface area contributed by atoms with E-state index in [1.165, 1.54) is 16.7 Å². The lowest BCUT2D eigenvalue weighted by Crippen LogP contribution is -2.24. The van der Waals surface area contributed by atoms with Crippen molar-refractivity contribution in [2.24, 2.45) is 5.92 Å². The molecule has 0 amide bonds. The van der Waals surface area contributed by atoms with Gasteiger partial charge in [-0.25, -0.2) is 0 Å². The van der Waals surface area contributed by atoms with Gasteiger partial charge in [0.1, 0.15) is 0 Å². The molecule has 1 aromatic carbocycles. The van der Waals surface area contributed by atoms with E-state index in [-0.39, 0.29) is 12.0 Å². The molecule has 1 aliphatic rings. The molecule has 0 spiro atoms. The molecule has 0 radical (unpaired) electrons. The van der Waals surface area contributed by atoms with Gasteiger partial charge in [-0.1, -0.05) is 23.8 Å². The van der Waals surface area contributed by atoms with Crippen molar-refractivity contribution in [3.05, 3.63) is 34.9 Å². The van der Waals surface area contributed by atoms with E-state index in [0.717, 1.165) is 13.0 Å². The van der Waals surface area contributed by atoms with E-state index in [1.54, 1.807) is 0 Å². The second kappa shape index (κ2) is 4.49. The van der Waals surface area contributed by atoms with E-state index in [0.29, 0.717) is 0 Å². The largest absolute Gasteiger partial charge is 0.481 e. The Morgan fingerprint density at radius 2 is 2.18 bits per heavy atom. The Morgan fingerprint density at radius 1 is 1.47 bits per heavy atom. The summed E-state index contributed by atoms with van der Waals surface area (Å²) in [5.74, 6) is -0.826. The van der Waals surface area contributed by atoms with Gasteiger partial charge in [0.2, 0.25) is 0 Å². The number of carboxylic acids is 1. The van der Waals surface area contributed by atoms with Crippen LogP contribution in [-0.2, 0) is 11.3 Å². The average Bonchev–Trinajstić information content (AvgIpc) is 3.03. The van der Waals surface area contributed by atoms with Crippen LogP contribution in [0.2, 0.25) is 0 Å². The predicted octanol–water partition coefficient (Wildman–Crippen LogP) is 2.21. The Hall–Kier alpha value is -1.35. The van der Waals surface area contributed by atoms with Gasteiger partial charge in [0.05, 0.1) is 5.92 Å². The number of rotatable bonds is 4. The number of aliphatic carboxylic acids is 1. The molecule has 0 heterocycles. The average molecular weight is 233 g/mol. The van der Waals surface area contributed by atoms with Crippen LogP contribution >= 0.6 is 0 Å². The third-order valence-corrected chi connectivity index (χ3v) is 3.56. The Bertz CT molecular complexity index is 442. The number of aryl methyl sites for hydroxylation is 2. The first kappa shape index (κ1) is 12.1. The standard InChI is InChI=1S/C14H19NO2/c1-9-4-5-10(2)11(6-9)8-15(3)13-7-12(13)14(16)17/h4-6,12-13H,7-8H2,1-3H3,(H,16,17). The smallest absolute Gasteiger partial charge is 0.308 e. The molecule has 1 aliphatic carbocycles. The van der Waals surface area contributed by atoms with Crippen LogP contribution in [0.1, 0.15) is 23.1 Å². The molecule has 1 saturated carbocycles. The summed E-state index contributed by atoms with van der Waals surface area (Å²) in [4.78, 5) is 13.0. The van der Waals surface area contributed by atoms with Crippen LogP contribution in [0, 0.1) is 19.8 Å². The summed E-state index contributed by atoms with van der Waals surface area (Å²) in [6, 6.07) is 6.63. The van der Waals surface area contributed by atoms with E-state index in [1.807, 2.05) is 7.05 Å². The van der Waals surface area contributed by atoms with E-state index in [2.05, 4.69) is 36.9 Å². The number of hydrogen-bond acceptors (Lipinski definition) is 2. The fourth-order valence-corrected chi connectivity index (χ4v) is 2.29. The zero-order valence-electron chi connectivity index (χ0n) is 10.6. The molecule has 1 aromatic rings. The van der Waals surface area contributed by atoms with E-state index in [4.69, 9.17) is 5.11 Å². The van der Waals surface area contributed by atoms with Gasteiger partial charge in [-0.2, -0.15) is 0 Å². The Labute approximate surface area is 102 Å². The lowest BCUT2D eigenvalue weighted by atomic mass is 10.1. The minimum Gasteiger partial charge on any atom is -0.481 e. The van der Waals surface area contributed by atoms with Crippen LogP contribution in [0.25, 0.3) is 0 Å². The number of carboxylic acid groups (broad SMARTS) is 1. The lowest BCUT2D eigenvalue weighted by molar-refractivity contribution is -0.138. The highest BCUT2D eigenvalue weighted by Gasteiger charge is 2.45. The monoisotopic (exact) mass is 233 g/mol. The SMILES string of the molecule is Cc1ccc(C)c(CN(C)C2CC2C(=O)O)c1. The quantitative estimate of drug-likeness (QED) is 0.866. The summed E-state index contributed by atoms with van der Waals surface area (Å²) < 4.78 is 0. The number of benzene rings is 1. The van der Waals surface area contributed by atoms with Crippen molar-refractivity contribution in [3.63, 3.8) is 0 Å². The minimum atomic E-state index is -0.664. The Morgan fingerprint density at radius 3 is 2.76 bits per heavy atom. The van der Waals surface area contributed by atoms with Crippen molar-refractivity contribution >= 4 is 5.97 Å². The van der Waals surface area contributed by atoms with Gasteiger partial charge >= 0.3 is 5.97 Å². The van der Waals surface area contributed by atoms with Gasteiger partial charge in [-0.05, 0) is 38.4 Å². The highest BCUT2D eigenvalue weighted by atomic mass is 16.4. The normalized spacial score (nSPS) is 22.8. The van der Waals surface area contributed by atoms with Gasteiger partial charge in [0, 0.05) is 12.6 Å². The lowest BCUT2D eigenvalue weighted by Gasteiger charge is -2.18. The maximum Gasteiger partial charge on any atom is 0.308 e. The second-order valence-corrected chi connectivity index (χ2v) is 5.09. The number of hydrogen-bond donors (Lipinski definition) is 1. The molecular weight excluding hydrogens is 214 g/mol. The van der Waals surface area contributed by atoms with Crippen LogP contribution in [0.5, 0.6) is 0 Å². The van der Waals surface area contributed by atoms with E-state index in [9.17, 15) is 4.79 Å². The van der Waals surface area contributed by atoms with Crippen molar-refractivity contribution in [2.75, 3.05) is 7.05 Å². The van der Waals surface area contributed by atoms with Crippen molar-refractivity contribution in [3.8, 4) is 0 Å². The topological polar surface area (TPSA) is 40.5 Å². The van der Waals surface area contributed by atoms with Gasteiger partial charge < -0.3 is 5.11 Å². The zero-order chi connectivity index (χ0) is 12.6. The third-order valence-electron chi connectivity index (χ3n) is 3.56. The molecular formula is C14H19NO2. The van der Waals surface area contributed by atoms with Crippen LogP contribution in [0.3, 0.4) is 0 Å². The maximum absolute atomic E-state index is 10.8. The summed E-state index contributed by atoms with van der Waals surface area (Å²) in [5.41, 5.74) is 3.82. The summed E-state index contributed by atoms with van der Waals surface area (Å²) in [7, 11) is 2.01. The molecule has 1 N–H and O–H groups in total. The molecule has 0 saturated heterocycles. The molecule has 17 heavy (non-hydrogen) atoms. The van der Waals surface area contributed by atoms with Gasteiger partial charge in [0.15, 0.2) is 0 Å². The first-order chi connectivity index (χ1) is 7.99. The molecule has 2 atom stereocenters. The molecule has 1 fully saturated rings. The van der Waals surface area contributed by atoms with Crippen LogP contribution in [-0.4, -0.2) is 29.1 Å². The molecule has 92 valence electrons. The fraction of sp³-hybridized carbons (Fsp3) is 0.500. The molecule has 0 aliphatic heterocycles. The molecule has 0 bridgehead atoms. The Kier molecular flexibility index (Phi) is 3.20. The highest BCUT2D eigenvalue weighted by molar-refractivity contribution is 5.74. The summed E-state index contributed by atoms with van der Waals surface area (Å²) in [6.07, 6.45) is 0.788. The van der Waals surface area contributed by atoms with Crippen LogP contribution in [0.15, 0.2) is 18.2 Å². The molecule has 3 heteroatoms. The van der Waals surface area contributed by atoms with Crippen LogP contribution in [0.4, 0.5) is 0 Å². The van der Waals surface area contributed by atoms with Gasteiger partial charge in [0.25, 0.3) is 0 Å². The molecule has 3 nitrogen and oxygen atoms in total. The van der Waals surface area contributed by atoms with Gasteiger partial charge in [-0.3, -0.25) is 9.69 Å². The summed E-state index contributed by atoms with van der Waals surface area (Å²) in [5, 5.41) is 8.91. The third kappa shape index (κ3) is 2.67. The number of nitrogens with zero attached hydrogens (tertiary/aromatic N) is 1.